The van der Waals surface area contributed by atoms with E-state index in [0.29, 0.717) is 17.3 Å². The lowest BCUT2D eigenvalue weighted by atomic mass is 10.3. The molecule has 0 saturated carbocycles. The molecule has 7 heteroatoms. The first-order valence-corrected chi connectivity index (χ1v) is 6.28. The van der Waals surface area contributed by atoms with Crippen LogP contribution in [0.5, 0.6) is 0 Å². The molecule has 0 unspecified atom stereocenters. The zero-order valence-corrected chi connectivity index (χ0v) is 10.9. The summed E-state index contributed by atoms with van der Waals surface area (Å²) >= 11 is 7.25. The number of hydrogen-bond donors (Lipinski definition) is 2. The molecule has 0 aliphatic heterocycles. The van der Waals surface area contributed by atoms with Crippen LogP contribution in [0.3, 0.4) is 0 Å². The molecule has 2 N–H and O–H groups in total. The number of aromatic nitrogens is 1. The predicted octanol–water partition coefficient (Wildman–Crippen LogP) is 1.63. The van der Waals surface area contributed by atoms with E-state index in [9.17, 15) is 9.59 Å². The molecule has 1 aromatic rings. The lowest BCUT2D eigenvalue weighted by Gasteiger charge is -2.01. The van der Waals surface area contributed by atoms with E-state index in [2.05, 4.69) is 10.3 Å². The van der Waals surface area contributed by atoms with Crippen molar-refractivity contribution in [3.05, 3.63) is 15.0 Å². The number of nitrogens with one attached hydrogen (secondary N) is 1. The van der Waals surface area contributed by atoms with E-state index in [-0.39, 0.29) is 18.7 Å². The summed E-state index contributed by atoms with van der Waals surface area (Å²) in [5.41, 5.74) is 0.795. The highest BCUT2D eigenvalue weighted by Gasteiger charge is 2.07. The minimum absolute atomic E-state index is 0.00693. The molecule has 0 aliphatic carbocycles. The highest BCUT2D eigenvalue weighted by atomic mass is 35.5. The van der Waals surface area contributed by atoms with Crippen molar-refractivity contribution in [2.45, 2.75) is 26.2 Å². The highest BCUT2D eigenvalue weighted by Crippen LogP contribution is 2.23. The van der Waals surface area contributed by atoms with E-state index in [1.807, 2.05) is 6.92 Å². The monoisotopic (exact) mass is 276 g/mol. The molecule has 1 rings (SSSR count). The molecule has 0 bridgehead atoms. The number of nitrogens with zero attached hydrogens (tertiary/aromatic N) is 1. The maximum absolute atomic E-state index is 11.2. The van der Waals surface area contributed by atoms with Gasteiger partial charge in [-0.3, -0.25) is 9.59 Å². The van der Waals surface area contributed by atoms with E-state index in [1.165, 1.54) is 11.3 Å². The molecular formula is C10H13ClN2O3S. The second kappa shape index (κ2) is 6.56. The van der Waals surface area contributed by atoms with Crippen LogP contribution in [-0.4, -0.2) is 28.5 Å². The van der Waals surface area contributed by atoms with Gasteiger partial charge in [0.25, 0.3) is 0 Å². The van der Waals surface area contributed by atoms with Gasteiger partial charge in [-0.15, -0.1) is 11.3 Å². The van der Waals surface area contributed by atoms with Crippen LogP contribution in [0.15, 0.2) is 0 Å². The Labute approximate surface area is 108 Å². The SMILES string of the molecule is Cc1nc(CCNC(=O)CCC(=O)O)sc1Cl. The van der Waals surface area contributed by atoms with Gasteiger partial charge in [0.05, 0.1) is 17.1 Å². The maximum Gasteiger partial charge on any atom is 0.303 e. The van der Waals surface area contributed by atoms with Crippen LogP contribution >= 0.6 is 22.9 Å². The van der Waals surface area contributed by atoms with Crippen LogP contribution in [0.4, 0.5) is 0 Å². The summed E-state index contributed by atoms with van der Waals surface area (Å²) in [6.07, 6.45) is 0.470. The Bertz CT molecular complexity index is 400. The predicted molar refractivity (Wildman–Crippen MR) is 65.4 cm³/mol. The summed E-state index contributed by atoms with van der Waals surface area (Å²) in [5, 5.41) is 11.9. The third kappa shape index (κ3) is 5.14. The Balaban J connectivity index is 2.23. The first-order chi connectivity index (χ1) is 7.99. The lowest BCUT2D eigenvalue weighted by Crippen LogP contribution is -2.25. The molecular weight excluding hydrogens is 264 g/mol. The summed E-state index contributed by atoms with van der Waals surface area (Å²) in [4.78, 5) is 25.7. The van der Waals surface area contributed by atoms with Crippen molar-refractivity contribution in [1.82, 2.24) is 10.3 Å². The highest BCUT2D eigenvalue weighted by molar-refractivity contribution is 7.16. The van der Waals surface area contributed by atoms with Gasteiger partial charge in [-0.1, -0.05) is 11.6 Å². The number of hydrogen-bond acceptors (Lipinski definition) is 4. The minimum Gasteiger partial charge on any atom is -0.481 e. The summed E-state index contributed by atoms with van der Waals surface area (Å²) in [5.74, 6) is -1.23. The number of halogens is 1. The number of aliphatic carboxylic acids is 1. The van der Waals surface area contributed by atoms with Crippen molar-refractivity contribution in [3.8, 4) is 0 Å². The van der Waals surface area contributed by atoms with Gasteiger partial charge in [0, 0.05) is 19.4 Å². The van der Waals surface area contributed by atoms with E-state index in [1.54, 1.807) is 0 Å². The molecule has 0 aromatic carbocycles. The van der Waals surface area contributed by atoms with E-state index in [0.717, 1.165) is 10.7 Å². The number of carbonyl (C=O) groups excluding carboxylic acids is 1. The zero-order valence-electron chi connectivity index (χ0n) is 9.33. The number of carboxylic acid groups (broad SMARTS) is 1. The molecule has 5 nitrogen and oxygen atoms in total. The number of carbonyl (C=O) groups is 2. The van der Waals surface area contributed by atoms with Gasteiger partial charge in [-0.2, -0.15) is 0 Å². The minimum atomic E-state index is -0.970. The van der Waals surface area contributed by atoms with Crippen molar-refractivity contribution in [2.24, 2.45) is 0 Å². The average molecular weight is 277 g/mol. The van der Waals surface area contributed by atoms with Crippen LogP contribution in [0.25, 0.3) is 0 Å². The fraction of sp³-hybridized carbons (Fsp3) is 0.500. The Morgan fingerprint density at radius 2 is 2.18 bits per heavy atom. The smallest absolute Gasteiger partial charge is 0.303 e. The largest absolute Gasteiger partial charge is 0.481 e. The van der Waals surface area contributed by atoms with Gasteiger partial charge in [0.2, 0.25) is 5.91 Å². The van der Waals surface area contributed by atoms with Crippen LogP contribution in [-0.2, 0) is 16.0 Å². The third-order valence-electron chi connectivity index (χ3n) is 2.01. The molecule has 17 heavy (non-hydrogen) atoms. The standard InChI is InChI=1S/C10H13ClN2O3S/c1-6-10(11)17-8(13-6)4-5-12-7(14)2-3-9(15)16/h2-5H2,1H3,(H,12,14)(H,15,16). The van der Waals surface area contributed by atoms with Crippen molar-refractivity contribution >= 4 is 34.8 Å². The summed E-state index contributed by atoms with van der Waals surface area (Å²) in [7, 11) is 0. The van der Waals surface area contributed by atoms with Crippen LogP contribution < -0.4 is 5.32 Å². The quantitative estimate of drug-likeness (QED) is 0.828. The van der Waals surface area contributed by atoms with Gasteiger partial charge in [-0.05, 0) is 6.92 Å². The van der Waals surface area contributed by atoms with Crippen molar-refractivity contribution < 1.29 is 14.7 Å². The Morgan fingerprint density at radius 3 is 2.71 bits per heavy atom. The van der Waals surface area contributed by atoms with E-state index in [4.69, 9.17) is 16.7 Å². The van der Waals surface area contributed by atoms with Gasteiger partial charge < -0.3 is 10.4 Å². The number of rotatable bonds is 6. The molecule has 0 fully saturated rings. The zero-order chi connectivity index (χ0) is 12.8. The number of amides is 1. The van der Waals surface area contributed by atoms with Crippen molar-refractivity contribution in [3.63, 3.8) is 0 Å². The van der Waals surface area contributed by atoms with Gasteiger partial charge in [0.15, 0.2) is 0 Å². The summed E-state index contributed by atoms with van der Waals surface area (Å²) < 4.78 is 0.664. The van der Waals surface area contributed by atoms with Crippen molar-refractivity contribution in [1.29, 1.82) is 0 Å². The molecule has 94 valence electrons. The second-order valence-electron chi connectivity index (χ2n) is 3.46. The van der Waals surface area contributed by atoms with E-state index >= 15 is 0 Å². The normalized spacial score (nSPS) is 10.2. The summed E-state index contributed by atoms with van der Waals surface area (Å²) in [6, 6.07) is 0. The number of aryl methyl sites for hydroxylation is 1. The third-order valence-corrected chi connectivity index (χ3v) is 3.52. The number of thiazole rings is 1. The molecule has 1 amide bonds. The fourth-order valence-electron chi connectivity index (χ4n) is 1.16. The first kappa shape index (κ1) is 13.9. The Kier molecular flexibility index (Phi) is 5.37. The molecule has 0 radical (unpaired) electrons. The summed E-state index contributed by atoms with van der Waals surface area (Å²) in [6.45, 7) is 2.27. The van der Waals surface area contributed by atoms with Crippen LogP contribution in [0.2, 0.25) is 4.34 Å². The van der Waals surface area contributed by atoms with Gasteiger partial charge >= 0.3 is 5.97 Å². The van der Waals surface area contributed by atoms with Crippen LogP contribution in [0, 0.1) is 6.92 Å². The Hall–Kier alpha value is -1.14. The molecule has 0 spiro atoms. The van der Waals surface area contributed by atoms with E-state index < -0.39 is 5.97 Å². The second-order valence-corrected chi connectivity index (χ2v) is 5.15. The first-order valence-electron chi connectivity index (χ1n) is 5.09. The van der Waals surface area contributed by atoms with Gasteiger partial charge in [-0.25, -0.2) is 4.98 Å². The molecule has 0 atom stereocenters. The topological polar surface area (TPSA) is 79.3 Å². The Morgan fingerprint density at radius 1 is 1.47 bits per heavy atom. The molecule has 0 saturated heterocycles. The maximum atomic E-state index is 11.2. The lowest BCUT2D eigenvalue weighted by molar-refractivity contribution is -0.138. The fourth-order valence-corrected chi connectivity index (χ4v) is 2.25. The average Bonchev–Trinajstić information content (AvgIpc) is 2.55. The molecule has 0 aliphatic rings. The van der Waals surface area contributed by atoms with Gasteiger partial charge in [0.1, 0.15) is 4.34 Å². The molecule has 1 heterocycles. The molecule has 1 aromatic heterocycles. The van der Waals surface area contributed by atoms with Crippen molar-refractivity contribution in [2.75, 3.05) is 6.54 Å². The van der Waals surface area contributed by atoms with Crippen LogP contribution in [0.1, 0.15) is 23.5 Å². The number of carboxylic acids is 1.